The summed E-state index contributed by atoms with van der Waals surface area (Å²) in [5.74, 6) is 2.40. The summed E-state index contributed by atoms with van der Waals surface area (Å²) in [5, 5.41) is 3.96. The van der Waals surface area contributed by atoms with Crippen molar-refractivity contribution in [2.24, 2.45) is 11.7 Å². The van der Waals surface area contributed by atoms with Gasteiger partial charge < -0.3 is 15.2 Å². The predicted molar refractivity (Wildman–Crippen MR) is 70.0 cm³/mol. The van der Waals surface area contributed by atoms with Crippen LogP contribution in [0.15, 0.2) is 16.9 Å². The van der Waals surface area contributed by atoms with E-state index < -0.39 is 5.54 Å². The van der Waals surface area contributed by atoms with Crippen molar-refractivity contribution in [3.8, 4) is 11.6 Å². The first-order chi connectivity index (χ1) is 9.21. The van der Waals surface area contributed by atoms with E-state index in [1.165, 1.54) is 6.42 Å². The van der Waals surface area contributed by atoms with Gasteiger partial charge in [-0.25, -0.2) is 4.98 Å². The Bertz CT molecular complexity index is 525. The van der Waals surface area contributed by atoms with E-state index in [0.717, 1.165) is 31.6 Å². The van der Waals surface area contributed by atoms with E-state index in [9.17, 15) is 0 Å². The number of H-pyrrole nitrogens is 1. The molecule has 0 atom stereocenters. The van der Waals surface area contributed by atoms with E-state index in [4.69, 9.17) is 10.3 Å². The molecule has 3 rings (SSSR count). The minimum Gasteiger partial charge on any atom is -0.342 e. The Labute approximate surface area is 111 Å². The second kappa shape index (κ2) is 4.77. The van der Waals surface area contributed by atoms with Crippen LogP contribution in [0.3, 0.4) is 0 Å². The summed E-state index contributed by atoms with van der Waals surface area (Å²) in [6, 6.07) is 0. The molecule has 0 amide bonds. The second-order valence-electron chi connectivity index (χ2n) is 5.37. The molecule has 2 aromatic rings. The number of rotatable bonds is 3. The minimum atomic E-state index is -0.469. The molecule has 19 heavy (non-hydrogen) atoms. The number of nitrogens with zero attached hydrogens (tertiary/aromatic N) is 3. The van der Waals surface area contributed by atoms with Crippen molar-refractivity contribution in [2.75, 3.05) is 0 Å². The van der Waals surface area contributed by atoms with Gasteiger partial charge in [0.2, 0.25) is 11.7 Å². The van der Waals surface area contributed by atoms with Crippen LogP contribution in [-0.2, 0) is 5.54 Å². The molecule has 6 nitrogen and oxygen atoms in total. The molecule has 1 aliphatic carbocycles. The maximum atomic E-state index is 6.44. The molecule has 2 heterocycles. The van der Waals surface area contributed by atoms with Crippen LogP contribution in [0.2, 0.25) is 0 Å². The zero-order valence-corrected chi connectivity index (χ0v) is 11.1. The molecule has 0 aromatic carbocycles. The van der Waals surface area contributed by atoms with E-state index in [-0.39, 0.29) is 0 Å². The first-order valence-corrected chi connectivity index (χ1v) is 6.84. The lowest BCUT2D eigenvalue weighted by Crippen LogP contribution is -2.40. The average molecular weight is 261 g/mol. The van der Waals surface area contributed by atoms with Gasteiger partial charge in [-0.15, -0.1) is 0 Å². The summed E-state index contributed by atoms with van der Waals surface area (Å²) in [6.45, 7) is 2.23. The molecular formula is C13H19N5O. The molecule has 3 N–H and O–H groups in total. The summed E-state index contributed by atoms with van der Waals surface area (Å²) < 4.78 is 5.35. The number of nitrogens with one attached hydrogen (secondary N) is 1. The van der Waals surface area contributed by atoms with Gasteiger partial charge in [0.15, 0.2) is 5.82 Å². The highest BCUT2D eigenvalue weighted by Gasteiger charge is 2.37. The van der Waals surface area contributed by atoms with Crippen LogP contribution in [0.4, 0.5) is 0 Å². The Morgan fingerprint density at radius 3 is 2.89 bits per heavy atom. The third kappa shape index (κ3) is 2.28. The molecule has 2 aromatic heterocycles. The first kappa shape index (κ1) is 12.3. The Morgan fingerprint density at radius 1 is 1.47 bits per heavy atom. The predicted octanol–water partition coefficient (Wildman–Crippen LogP) is 2.21. The Kier molecular flexibility index (Phi) is 3.10. The van der Waals surface area contributed by atoms with Gasteiger partial charge in [-0.3, -0.25) is 0 Å². The smallest absolute Gasteiger partial charge is 0.247 e. The van der Waals surface area contributed by atoms with Gasteiger partial charge >= 0.3 is 0 Å². The summed E-state index contributed by atoms with van der Waals surface area (Å²) in [7, 11) is 0. The Hall–Kier alpha value is -1.69. The lowest BCUT2D eigenvalue weighted by Gasteiger charge is -2.33. The van der Waals surface area contributed by atoms with E-state index >= 15 is 0 Å². The van der Waals surface area contributed by atoms with E-state index in [1.807, 2.05) is 0 Å². The minimum absolute atomic E-state index is 0.469. The fourth-order valence-corrected chi connectivity index (χ4v) is 2.72. The van der Waals surface area contributed by atoms with Crippen molar-refractivity contribution < 1.29 is 4.52 Å². The standard InChI is InChI=1S/C13H19N5O/c1-2-9-3-5-13(14,6-4-9)12-17-11(18-19-12)10-15-7-8-16-10/h7-9H,2-6,14H2,1H3,(H,15,16). The van der Waals surface area contributed by atoms with Gasteiger partial charge in [0.1, 0.15) is 0 Å². The summed E-state index contributed by atoms with van der Waals surface area (Å²) in [6.07, 6.45) is 8.69. The van der Waals surface area contributed by atoms with E-state index in [2.05, 4.69) is 27.0 Å². The molecular weight excluding hydrogens is 242 g/mol. The quantitative estimate of drug-likeness (QED) is 0.883. The van der Waals surface area contributed by atoms with E-state index in [0.29, 0.717) is 17.5 Å². The molecule has 6 heteroatoms. The Balaban J connectivity index is 1.79. The highest BCUT2D eigenvalue weighted by atomic mass is 16.5. The van der Waals surface area contributed by atoms with Crippen molar-refractivity contribution in [3.05, 3.63) is 18.3 Å². The Morgan fingerprint density at radius 2 is 2.26 bits per heavy atom. The first-order valence-electron chi connectivity index (χ1n) is 6.84. The third-order valence-corrected chi connectivity index (χ3v) is 4.14. The van der Waals surface area contributed by atoms with Crippen LogP contribution >= 0.6 is 0 Å². The molecule has 0 spiro atoms. The second-order valence-corrected chi connectivity index (χ2v) is 5.37. The van der Waals surface area contributed by atoms with Gasteiger partial charge in [-0.1, -0.05) is 18.5 Å². The number of hydrogen-bond donors (Lipinski definition) is 2. The lowest BCUT2D eigenvalue weighted by atomic mass is 9.76. The SMILES string of the molecule is CCC1CCC(N)(c2nc(-c3ncc[nH]3)no2)CC1. The van der Waals surface area contributed by atoms with Gasteiger partial charge in [-0.05, 0) is 31.6 Å². The lowest BCUT2D eigenvalue weighted by molar-refractivity contribution is 0.181. The summed E-state index contributed by atoms with van der Waals surface area (Å²) >= 11 is 0. The fourth-order valence-electron chi connectivity index (χ4n) is 2.72. The molecule has 0 radical (unpaired) electrons. The van der Waals surface area contributed by atoms with E-state index in [1.54, 1.807) is 12.4 Å². The number of aromatic amines is 1. The zero-order valence-electron chi connectivity index (χ0n) is 11.1. The van der Waals surface area contributed by atoms with Crippen molar-refractivity contribution >= 4 is 0 Å². The molecule has 0 bridgehead atoms. The van der Waals surface area contributed by atoms with Crippen LogP contribution in [0.5, 0.6) is 0 Å². The molecule has 1 fully saturated rings. The monoisotopic (exact) mass is 261 g/mol. The highest BCUT2D eigenvalue weighted by Crippen LogP contribution is 2.38. The van der Waals surface area contributed by atoms with Crippen LogP contribution in [0.1, 0.15) is 44.9 Å². The molecule has 0 saturated heterocycles. The van der Waals surface area contributed by atoms with Crippen LogP contribution < -0.4 is 5.73 Å². The summed E-state index contributed by atoms with van der Waals surface area (Å²) in [4.78, 5) is 11.5. The van der Waals surface area contributed by atoms with Crippen molar-refractivity contribution in [1.29, 1.82) is 0 Å². The molecule has 1 aliphatic rings. The third-order valence-electron chi connectivity index (χ3n) is 4.14. The van der Waals surface area contributed by atoms with Crippen LogP contribution in [-0.4, -0.2) is 20.1 Å². The average Bonchev–Trinajstić information content (AvgIpc) is 3.10. The van der Waals surface area contributed by atoms with Gasteiger partial charge in [-0.2, -0.15) is 4.98 Å². The van der Waals surface area contributed by atoms with Gasteiger partial charge in [0.25, 0.3) is 0 Å². The number of imidazole rings is 1. The normalized spacial score (nSPS) is 27.6. The topological polar surface area (TPSA) is 93.6 Å². The van der Waals surface area contributed by atoms with Crippen molar-refractivity contribution in [2.45, 2.75) is 44.6 Å². The zero-order chi connectivity index (χ0) is 13.3. The highest BCUT2D eigenvalue weighted by molar-refractivity contribution is 5.41. The molecule has 1 saturated carbocycles. The molecule has 102 valence electrons. The number of aromatic nitrogens is 4. The molecule has 0 unspecified atom stereocenters. The van der Waals surface area contributed by atoms with Crippen molar-refractivity contribution in [3.63, 3.8) is 0 Å². The fraction of sp³-hybridized carbons (Fsp3) is 0.615. The maximum Gasteiger partial charge on any atom is 0.247 e. The maximum absolute atomic E-state index is 6.44. The number of nitrogens with two attached hydrogens (primary N) is 1. The van der Waals surface area contributed by atoms with Crippen LogP contribution in [0, 0.1) is 5.92 Å². The van der Waals surface area contributed by atoms with Crippen molar-refractivity contribution in [1.82, 2.24) is 20.1 Å². The van der Waals surface area contributed by atoms with Gasteiger partial charge in [0.05, 0.1) is 5.54 Å². The largest absolute Gasteiger partial charge is 0.342 e. The van der Waals surface area contributed by atoms with Gasteiger partial charge in [0, 0.05) is 12.4 Å². The van der Waals surface area contributed by atoms with Crippen LogP contribution in [0.25, 0.3) is 11.6 Å². The summed E-state index contributed by atoms with van der Waals surface area (Å²) in [5.41, 5.74) is 5.97. The number of hydrogen-bond acceptors (Lipinski definition) is 5. The molecule has 0 aliphatic heterocycles.